The first-order chi connectivity index (χ1) is 10.2. The quantitative estimate of drug-likeness (QED) is 0.793. The Hall–Kier alpha value is -2.04. The Bertz CT molecular complexity index is 672. The second-order valence-electron chi connectivity index (χ2n) is 4.96. The molecular weight excluding hydrogens is 286 g/mol. The van der Waals surface area contributed by atoms with Gasteiger partial charge in [-0.1, -0.05) is 29.8 Å². The van der Waals surface area contributed by atoms with Gasteiger partial charge < -0.3 is 16.0 Å². The van der Waals surface area contributed by atoms with Crippen molar-refractivity contribution in [3.8, 4) is 0 Å². The first-order valence-corrected chi connectivity index (χ1v) is 7.25. The van der Waals surface area contributed by atoms with E-state index < -0.39 is 0 Å². The summed E-state index contributed by atoms with van der Waals surface area (Å²) in [6.45, 7) is 1.76. The van der Waals surface area contributed by atoms with Gasteiger partial charge in [0.25, 0.3) is 0 Å². The molecule has 5 heteroatoms. The molecule has 2 aromatic rings. The minimum Gasteiger partial charge on any atom is -0.312 e. The van der Waals surface area contributed by atoms with Crippen molar-refractivity contribution < 1.29 is 4.79 Å². The normalized spacial score (nSPS) is 13.4. The number of hydrogen-bond donors (Lipinski definition) is 3. The van der Waals surface area contributed by atoms with Crippen molar-refractivity contribution in [2.45, 2.75) is 13.0 Å². The Morgan fingerprint density at radius 1 is 1.14 bits per heavy atom. The van der Waals surface area contributed by atoms with Gasteiger partial charge in [0, 0.05) is 22.9 Å². The van der Waals surface area contributed by atoms with Gasteiger partial charge in [0.05, 0.1) is 0 Å². The lowest BCUT2D eigenvalue weighted by atomic mass is 9.99. The van der Waals surface area contributed by atoms with Crippen molar-refractivity contribution in [3.63, 3.8) is 0 Å². The van der Waals surface area contributed by atoms with Crippen LogP contribution < -0.4 is 16.0 Å². The van der Waals surface area contributed by atoms with Crippen molar-refractivity contribution in [2.24, 2.45) is 0 Å². The lowest BCUT2D eigenvalue weighted by Gasteiger charge is -2.20. The van der Waals surface area contributed by atoms with Crippen LogP contribution in [0.25, 0.3) is 0 Å². The summed E-state index contributed by atoms with van der Waals surface area (Å²) in [5, 5.41) is 9.60. The number of rotatable bonds is 2. The summed E-state index contributed by atoms with van der Waals surface area (Å²) in [5.41, 5.74) is 3.96. The summed E-state index contributed by atoms with van der Waals surface area (Å²) in [5.74, 6) is 0. The molecule has 2 amide bonds. The predicted molar refractivity (Wildman–Crippen MR) is 85.9 cm³/mol. The first-order valence-electron chi connectivity index (χ1n) is 6.87. The molecule has 21 heavy (non-hydrogen) atoms. The smallest absolute Gasteiger partial charge is 0.312 e. The zero-order chi connectivity index (χ0) is 14.7. The van der Waals surface area contributed by atoms with Crippen LogP contribution in [0.15, 0.2) is 42.5 Å². The van der Waals surface area contributed by atoms with Crippen molar-refractivity contribution in [2.75, 3.05) is 17.2 Å². The molecular formula is C16H16ClN3O. The fraction of sp³-hybridized carbons (Fsp3) is 0.188. The zero-order valence-corrected chi connectivity index (χ0v) is 12.2. The Morgan fingerprint density at radius 3 is 2.86 bits per heavy atom. The zero-order valence-electron chi connectivity index (χ0n) is 11.4. The maximum absolute atomic E-state index is 12.1. The van der Waals surface area contributed by atoms with Crippen molar-refractivity contribution >= 4 is 29.0 Å². The maximum atomic E-state index is 12.1. The molecule has 0 spiro atoms. The highest BCUT2D eigenvalue weighted by atomic mass is 35.5. The summed E-state index contributed by atoms with van der Waals surface area (Å²) in [7, 11) is 0. The second-order valence-corrected chi connectivity index (χ2v) is 5.40. The molecule has 0 saturated carbocycles. The number of anilines is 2. The molecule has 2 aromatic carbocycles. The number of amides is 2. The monoisotopic (exact) mass is 301 g/mol. The van der Waals surface area contributed by atoms with Crippen molar-refractivity contribution in [3.05, 3.63) is 58.6 Å². The second kappa shape index (κ2) is 6.16. The van der Waals surface area contributed by atoms with Gasteiger partial charge in [-0.2, -0.15) is 0 Å². The van der Waals surface area contributed by atoms with Crippen LogP contribution in [-0.4, -0.2) is 12.6 Å². The van der Waals surface area contributed by atoms with E-state index in [2.05, 4.69) is 22.0 Å². The molecule has 0 saturated heterocycles. The SMILES string of the molecule is O=C(Nc1cccc(Cl)c1)Nc1cccc2c1CNCC2. The van der Waals surface area contributed by atoms with Gasteiger partial charge in [-0.15, -0.1) is 0 Å². The van der Waals surface area contributed by atoms with Gasteiger partial charge in [-0.05, 0) is 48.4 Å². The fourth-order valence-corrected chi connectivity index (χ4v) is 2.67. The number of hydrogen-bond acceptors (Lipinski definition) is 2. The lowest BCUT2D eigenvalue weighted by molar-refractivity contribution is 0.262. The first kappa shape index (κ1) is 13.9. The maximum Gasteiger partial charge on any atom is 0.323 e. The minimum absolute atomic E-state index is 0.267. The molecule has 0 aliphatic carbocycles. The van der Waals surface area contributed by atoms with E-state index in [1.165, 1.54) is 5.56 Å². The van der Waals surface area contributed by atoms with Crippen LogP contribution in [0.5, 0.6) is 0 Å². The summed E-state index contributed by atoms with van der Waals surface area (Å²) in [4.78, 5) is 12.1. The highest BCUT2D eigenvalue weighted by Gasteiger charge is 2.14. The molecule has 3 N–H and O–H groups in total. The highest BCUT2D eigenvalue weighted by Crippen LogP contribution is 2.23. The lowest BCUT2D eigenvalue weighted by Crippen LogP contribution is -2.26. The molecule has 0 unspecified atom stereocenters. The average molecular weight is 302 g/mol. The van der Waals surface area contributed by atoms with E-state index in [4.69, 9.17) is 11.6 Å². The van der Waals surface area contributed by atoms with E-state index in [1.807, 2.05) is 12.1 Å². The number of benzene rings is 2. The van der Waals surface area contributed by atoms with Crippen LogP contribution >= 0.6 is 11.6 Å². The molecule has 1 aliphatic rings. The molecule has 0 fully saturated rings. The third-order valence-electron chi connectivity index (χ3n) is 3.48. The molecule has 1 aliphatic heterocycles. The van der Waals surface area contributed by atoms with Crippen molar-refractivity contribution in [1.82, 2.24) is 5.32 Å². The number of halogens is 1. The topological polar surface area (TPSA) is 53.2 Å². The van der Waals surface area contributed by atoms with E-state index in [9.17, 15) is 4.79 Å². The number of fused-ring (bicyclic) bond motifs is 1. The van der Waals surface area contributed by atoms with E-state index >= 15 is 0 Å². The fourth-order valence-electron chi connectivity index (χ4n) is 2.48. The molecule has 108 valence electrons. The van der Waals surface area contributed by atoms with Gasteiger partial charge in [0.1, 0.15) is 0 Å². The molecule has 3 rings (SSSR count). The third kappa shape index (κ3) is 3.35. The number of carbonyl (C=O) groups is 1. The highest BCUT2D eigenvalue weighted by molar-refractivity contribution is 6.30. The van der Waals surface area contributed by atoms with E-state index in [-0.39, 0.29) is 6.03 Å². The summed E-state index contributed by atoms with van der Waals surface area (Å²) in [6.07, 6.45) is 0.987. The molecule has 0 aromatic heterocycles. The Kier molecular flexibility index (Phi) is 4.08. The Labute approximate surface area is 128 Å². The number of carbonyl (C=O) groups excluding carboxylic acids is 1. The molecule has 0 atom stereocenters. The summed E-state index contributed by atoms with van der Waals surface area (Å²) < 4.78 is 0. The number of nitrogens with one attached hydrogen (secondary N) is 3. The summed E-state index contributed by atoms with van der Waals surface area (Å²) in [6, 6.07) is 12.8. The van der Waals surface area contributed by atoms with Gasteiger partial charge >= 0.3 is 6.03 Å². The Morgan fingerprint density at radius 2 is 2.00 bits per heavy atom. The van der Waals surface area contributed by atoms with E-state index in [0.29, 0.717) is 10.7 Å². The molecule has 0 bridgehead atoms. The predicted octanol–water partition coefficient (Wildman–Crippen LogP) is 3.63. The van der Waals surface area contributed by atoms with Crippen LogP contribution in [0.4, 0.5) is 16.2 Å². The Balaban J connectivity index is 1.73. The molecule has 1 heterocycles. The van der Waals surface area contributed by atoms with E-state index in [1.54, 1.807) is 24.3 Å². The van der Waals surface area contributed by atoms with Crippen molar-refractivity contribution in [1.29, 1.82) is 0 Å². The molecule has 4 nitrogen and oxygen atoms in total. The largest absolute Gasteiger partial charge is 0.323 e. The standard InChI is InChI=1S/C16H16ClN3O/c17-12-4-2-5-13(9-12)19-16(21)20-15-6-1-3-11-7-8-18-10-14(11)15/h1-6,9,18H,7-8,10H2,(H2,19,20,21). The van der Waals surface area contributed by atoms with Crippen LogP contribution in [0, 0.1) is 0 Å². The molecule has 0 radical (unpaired) electrons. The minimum atomic E-state index is -0.267. The van der Waals surface area contributed by atoms with Crippen LogP contribution in [0.2, 0.25) is 5.02 Å². The van der Waals surface area contributed by atoms with Crippen LogP contribution in [-0.2, 0) is 13.0 Å². The van der Waals surface area contributed by atoms with E-state index in [0.717, 1.165) is 30.8 Å². The van der Waals surface area contributed by atoms with Gasteiger partial charge in [-0.3, -0.25) is 0 Å². The third-order valence-corrected chi connectivity index (χ3v) is 3.71. The number of urea groups is 1. The van der Waals surface area contributed by atoms with Crippen LogP contribution in [0.3, 0.4) is 0 Å². The average Bonchev–Trinajstić information content (AvgIpc) is 2.47. The van der Waals surface area contributed by atoms with Gasteiger partial charge in [0.15, 0.2) is 0 Å². The summed E-state index contributed by atoms with van der Waals surface area (Å²) >= 11 is 5.90. The van der Waals surface area contributed by atoms with Crippen LogP contribution in [0.1, 0.15) is 11.1 Å². The van der Waals surface area contributed by atoms with Gasteiger partial charge in [-0.25, -0.2) is 4.79 Å². The van der Waals surface area contributed by atoms with Gasteiger partial charge in [0.2, 0.25) is 0 Å².